The number of nitrogens with zero attached hydrogens (tertiary/aromatic N) is 1. The molecule has 2 aromatic rings. The van der Waals surface area contributed by atoms with Gasteiger partial charge in [0, 0.05) is 29.1 Å². The highest BCUT2D eigenvalue weighted by molar-refractivity contribution is 5.86. The van der Waals surface area contributed by atoms with Crippen LogP contribution in [-0.4, -0.2) is 22.3 Å². The third-order valence-corrected chi connectivity index (χ3v) is 5.51. The van der Waals surface area contributed by atoms with Crippen molar-refractivity contribution in [2.75, 3.05) is 6.54 Å². The molecule has 3 nitrogen and oxygen atoms in total. The van der Waals surface area contributed by atoms with Crippen molar-refractivity contribution < 1.29 is 4.79 Å². The number of para-hydroxylation sites is 1. The van der Waals surface area contributed by atoms with Crippen LogP contribution in [0.1, 0.15) is 44.4 Å². The molecule has 2 aliphatic heterocycles. The Balaban J connectivity index is 1.93. The Kier molecular flexibility index (Phi) is 2.69. The molecule has 1 aromatic carbocycles. The summed E-state index contributed by atoms with van der Waals surface area (Å²) >= 11 is 0. The lowest BCUT2D eigenvalue weighted by Gasteiger charge is -2.46. The normalized spacial score (nSPS) is 29.1. The molecule has 110 valence electrons. The van der Waals surface area contributed by atoms with Gasteiger partial charge in [-0.2, -0.15) is 0 Å². The van der Waals surface area contributed by atoms with Gasteiger partial charge in [0.25, 0.3) is 0 Å². The predicted molar refractivity (Wildman–Crippen MR) is 84.1 cm³/mol. The van der Waals surface area contributed by atoms with Crippen LogP contribution in [0.2, 0.25) is 0 Å². The monoisotopic (exact) mass is 282 g/mol. The van der Waals surface area contributed by atoms with Crippen molar-refractivity contribution in [3.63, 3.8) is 0 Å². The van der Waals surface area contributed by atoms with E-state index in [1.54, 1.807) is 0 Å². The molecule has 2 atom stereocenters. The van der Waals surface area contributed by atoms with Crippen molar-refractivity contribution >= 4 is 16.8 Å². The van der Waals surface area contributed by atoms with Crippen LogP contribution in [0.4, 0.5) is 0 Å². The van der Waals surface area contributed by atoms with Gasteiger partial charge in [-0.3, -0.25) is 4.79 Å². The third kappa shape index (κ3) is 1.69. The minimum atomic E-state index is -0.158. The van der Waals surface area contributed by atoms with Gasteiger partial charge in [0.2, 0.25) is 5.91 Å². The standard InChI is InChI=1S/C18H22N2O/c1-12-9-10-18(2)16-14(7-5-11-20(18)17(12)21)13-6-3-4-8-15(13)19-16/h3-4,6,8,12,19H,5,7,9-11H2,1-2H3/t12-,18-/m1/s1. The molecule has 0 spiro atoms. The number of carbonyl (C=O) groups excluding carboxylic acids is 1. The predicted octanol–water partition coefficient (Wildman–Crippen LogP) is 3.59. The van der Waals surface area contributed by atoms with Crippen molar-refractivity contribution in [3.05, 3.63) is 35.5 Å². The van der Waals surface area contributed by atoms with Gasteiger partial charge in [-0.1, -0.05) is 25.1 Å². The fourth-order valence-electron chi connectivity index (χ4n) is 4.22. The van der Waals surface area contributed by atoms with Gasteiger partial charge in [-0.15, -0.1) is 0 Å². The molecule has 0 radical (unpaired) electrons. The van der Waals surface area contributed by atoms with Crippen LogP contribution >= 0.6 is 0 Å². The van der Waals surface area contributed by atoms with E-state index in [4.69, 9.17) is 0 Å². The van der Waals surface area contributed by atoms with E-state index >= 15 is 0 Å². The largest absolute Gasteiger partial charge is 0.356 e. The first-order valence-electron chi connectivity index (χ1n) is 8.03. The molecule has 0 aliphatic carbocycles. The Morgan fingerprint density at radius 2 is 2.14 bits per heavy atom. The number of hydrogen-bond acceptors (Lipinski definition) is 1. The Bertz CT molecular complexity index is 717. The van der Waals surface area contributed by atoms with Gasteiger partial charge in [-0.05, 0) is 44.2 Å². The summed E-state index contributed by atoms with van der Waals surface area (Å²) in [5.41, 5.74) is 3.75. The summed E-state index contributed by atoms with van der Waals surface area (Å²) in [5.74, 6) is 0.499. The average Bonchev–Trinajstić information content (AvgIpc) is 2.79. The van der Waals surface area contributed by atoms with E-state index in [9.17, 15) is 4.79 Å². The van der Waals surface area contributed by atoms with Crippen molar-refractivity contribution in [2.24, 2.45) is 5.92 Å². The van der Waals surface area contributed by atoms with E-state index < -0.39 is 0 Å². The van der Waals surface area contributed by atoms with Crippen LogP contribution in [0.3, 0.4) is 0 Å². The number of nitrogens with one attached hydrogen (secondary N) is 1. The van der Waals surface area contributed by atoms with Gasteiger partial charge in [0.1, 0.15) is 0 Å². The van der Waals surface area contributed by atoms with Crippen LogP contribution in [-0.2, 0) is 16.8 Å². The third-order valence-electron chi connectivity index (χ3n) is 5.51. The van der Waals surface area contributed by atoms with Gasteiger partial charge in [0.15, 0.2) is 0 Å². The highest BCUT2D eigenvalue weighted by Gasteiger charge is 2.45. The lowest BCUT2D eigenvalue weighted by atomic mass is 9.80. The zero-order chi connectivity index (χ0) is 14.6. The zero-order valence-corrected chi connectivity index (χ0v) is 12.8. The molecule has 1 N–H and O–H groups in total. The number of carbonyl (C=O) groups is 1. The quantitative estimate of drug-likeness (QED) is 0.787. The summed E-state index contributed by atoms with van der Waals surface area (Å²) in [6, 6.07) is 8.53. The van der Waals surface area contributed by atoms with Crippen LogP contribution in [0, 0.1) is 5.92 Å². The Morgan fingerprint density at radius 3 is 3.00 bits per heavy atom. The van der Waals surface area contributed by atoms with Crippen molar-refractivity contribution in [2.45, 2.75) is 45.1 Å². The van der Waals surface area contributed by atoms with E-state index in [0.717, 1.165) is 32.2 Å². The molecule has 3 heteroatoms. The summed E-state index contributed by atoms with van der Waals surface area (Å²) in [4.78, 5) is 18.4. The molecule has 0 saturated carbocycles. The smallest absolute Gasteiger partial charge is 0.226 e. The molecule has 0 bridgehead atoms. The SMILES string of the molecule is C[C@@H]1CC[C@]2(C)c3[nH]c4ccccc4c3CCCN2C1=O. The number of hydrogen-bond donors (Lipinski definition) is 1. The van der Waals surface area contributed by atoms with Gasteiger partial charge >= 0.3 is 0 Å². The summed E-state index contributed by atoms with van der Waals surface area (Å²) < 4.78 is 0. The lowest BCUT2D eigenvalue weighted by Crippen LogP contribution is -2.53. The first-order chi connectivity index (χ1) is 10.1. The number of rotatable bonds is 0. The van der Waals surface area contributed by atoms with Crippen LogP contribution in [0.5, 0.6) is 0 Å². The van der Waals surface area contributed by atoms with Crippen LogP contribution in [0.15, 0.2) is 24.3 Å². The van der Waals surface area contributed by atoms with Crippen molar-refractivity contribution in [1.82, 2.24) is 9.88 Å². The second-order valence-electron chi connectivity index (χ2n) is 6.83. The Hall–Kier alpha value is -1.77. The van der Waals surface area contributed by atoms with Gasteiger partial charge in [-0.25, -0.2) is 0 Å². The number of piperidine rings is 1. The summed E-state index contributed by atoms with van der Waals surface area (Å²) in [6.07, 6.45) is 4.16. The van der Waals surface area contributed by atoms with Gasteiger partial charge in [0.05, 0.1) is 5.54 Å². The molecule has 1 saturated heterocycles. The van der Waals surface area contributed by atoms with Crippen LogP contribution < -0.4 is 0 Å². The highest BCUT2D eigenvalue weighted by Crippen LogP contribution is 2.44. The molecule has 2 aliphatic rings. The fourth-order valence-corrected chi connectivity index (χ4v) is 4.22. The lowest BCUT2D eigenvalue weighted by molar-refractivity contribution is -0.147. The van der Waals surface area contributed by atoms with Crippen molar-refractivity contribution in [3.8, 4) is 0 Å². The maximum atomic E-state index is 12.7. The Labute approximate surface area is 125 Å². The molecule has 3 heterocycles. The number of amides is 1. The molecule has 0 unspecified atom stereocenters. The fraction of sp³-hybridized carbons (Fsp3) is 0.500. The first kappa shape index (κ1) is 12.9. The minimum Gasteiger partial charge on any atom is -0.356 e. The van der Waals surface area contributed by atoms with Crippen molar-refractivity contribution in [1.29, 1.82) is 0 Å². The van der Waals surface area contributed by atoms with E-state index in [1.807, 2.05) is 0 Å². The average molecular weight is 282 g/mol. The molecule has 1 fully saturated rings. The number of aromatic nitrogens is 1. The number of aromatic amines is 1. The number of benzene rings is 1. The maximum absolute atomic E-state index is 12.7. The van der Waals surface area contributed by atoms with Crippen LogP contribution in [0.25, 0.3) is 10.9 Å². The number of aryl methyl sites for hydroxylation is 1. The van der Waals surface area contributed by atoms with E-state index in [1.165, 1.54) is 22.2 Å². The Morgan fingerprint density at radius 1 is 1.33 bits per heavy atom. The summed E-state index contributed by atoms with van der Waals surface area (Å²) in [6.45, 7) is 5.20. The first-order valence-corrected chi connectivity index (χ1v) is 8.03. The molecular weight excluding hydrogens is 260 g/mol. The zero-order valence-electron chi connectivity index (χ0n) is 12.8. The molecule has 4 rings (SSSR count). The van der Waals surface area contributed by atoms with Gasteiger partial charge < -0.3 is 9.88 Å². The maximum Gasteiger partial charge on any atom is 0.226 e. The molecule has 1 amide bonds. The van der Waals surface area contributed by atoms with E-state index in [0.29, 0.717) is 5.91 Å². The van der Waals surface area contributed by atoms with E-state index in [-0.39, 0.29) is 11.5 Å². The molecule has 21 heavy (non-hydrogen) atoms. The number of fused-ring (bicyclic) bond motifs is 5. The summed E-state index contributed by atoms with van der Waals surface area (Å²) in [7, 11) is 0. The summed E-state index contributed by atoms with van der Waals surface area (Å²) in [5, 5.41) is 1.33. The molecule has 1 aromatic heterocycles. The minimum absolute atomic E-state index is 0.158. The number of H-pyrrole nitrogens is 1. The highest BCUT2D eigenvalue weighted by atomic mass is 16.2. The topological polar surface area (TPSA) is 36.1 Å². The van der Waals surface area contributed by atoms with E-state index in [2.05, 4.69) is 48.0 Å². The second kappa shape index (κ2) is 4.36. The second-order valence-corrected chi connectivity index (χ2v) is 6.83. The molecular formula is C18H22N2O.